The number of fused-ring (bicyclic) bond motifs is 2. The molecule has 6 nitrogen and oxygen atoms in total. The third-order valence-electron chi connectivity index (χ3n) is 6.53. The zero-order chi connectivity index (χ0) is 19.3. The van der Waals surface area contributed by atoms with Gasteiger partial charge >= 0.3 is 29.6 Å². The van der Waals surface area contributed by atoms with Gasteiger partial charge < -0.3 is 15.2 Å². The van der Waals surface area contributed by atoms with Gasteiger partial charge in [0.05, 0.1) is 5.69 Å². The van der Waals surface area contributed by atoms with Gasteiger partial charge in [0, 0.05) is 35.8 Å². The van der Waals surface area contributed by atoms with E-state index >= 15 is 0 Å². The first kappa shape index (κ1) is 21.1. The van der Waals surface area contributed by atoms with Crippen LogP contribution in [0, 0.1) is 11.3 Å². The monoisotopic (exact) mass is 418 g/mol. The van der Waals surface area contributed by atoms with Crippen LogP contribution < -0.4 is 40.0 Å². The largest absolute Gasteiger partial charge is 1.00 e. The molecule has 0 amide bonds. The number of nitrogens with zero attached hydrogens (tertiary/aromatic N) is 3. The minimum Gasteiger partial charge on any atom is -0.550 e. The van der Waals surface area contributed by atoms with Crippen LogP contribution in [-0.2, 0) is 11.3 Å². The van der Waals surface area contributed by atoms with E-state index < -0.39 is 5.97 Å². The Hall–Kier alpha value is -1.12. The molecule has 2 fully saturated rings. The molecule has 1 spiro atoms. The Morgan fingerprint density at radius 1 is 1.31 bits per heavy atom. The molecule has 3 heterocycles. The minimum absolute atomic E-state index is 0. The normalized spacial score (nSPS) is 27.8. The van der Waals surface area contributed by atoms with Crippen molar-refractivity contribution in [2.24, 2.45) is 11.3 Å². The van der Waals surface area contributed by atoms with E-state index in [0.717, 1.165) is 55.3 Å². The summed E-state index contributed by atoms with van der Waals surface area (Å²) in [6.45, 7) is 4.20. The molecule has 2 aliphatic heterocycles. The van der Waals surface area contributed by atoms with Crippen LogP contribution in [0.5, 0.6) is 0 Å². The molecular weight excluding hydrogens is 395 g/mol. The Labute approximate surface area is 197 Å². The molecule has 1 atom stereocenters. The van der Waals surface area contributed by atoms with Gasteiger partial charge in [0.1, 0.15) is 5.03 Å². The first-order chi connectivity index (χ1) is 13.5. The van der Waals surface area contributed by atoms with E-state index in [2.05, 4.69) is 45.3 Å². The predicted octanol–water partition coefficient (Wildman–Crippen LogP) is -0.181. The Bertz CT molecular complexity index is 935. The van der Waals surface area contributed by atoms with Gasteiger partial charge in [-0.15, -0.1) is 0 Å². The molecule has 1 aromatic carbocycles. The number of carbonyl (C=O) groups is 1. The average Bonchev–Trinajstić information content (AvgIpc) is 2.66. The van der Waals surface area contributed by atoms with Crippen molar-refractivity contribution in [2.75, 3.05) is 11.9 Å². The second-order valence-electron chi connectivity index (χ2n) is 8.47. The quantitative estimate of drug-likeness (QED) is 0.591. The van der Waals surface area contributed by atoms with Crippen LogP contribution in [0.15, 0.2) is 40.5 Å². The van der Waals surface area contributed by atoms with Crippen molar-refractivity contribution >= 4 is 29.2 Å². The molecular formula is C21H23N4NaO2S. The molecule has 8 heteroatoms. The van der Waals surface area contributed by atoms with Crippen LogP contribution >= 0.6 is 11.8 Å². The van der Waals surface area contributed by atoms with Crippen molar-refractivity contribution < 1.29 is 39.5 Å². The van der Waals surface area contributed by atoms with E-state index in [1.807, 2.05) is 0 Å². The first-order valence-electron chi connectivity index (χ1n) is 9.85. The summed E-state index contributed by atoms with van der Waals surface area (Å²) in [7, 11) is 0. The molecule has 5 rings (SSSR count). The van der Waals surface area contributed by atoms with E-state index in [1.54, 1.807) is 24.2 Å². The Morgan fingerprint density at radius 3 is 2.86 bits per heavy atom. The summed E-state index contributed by atoms with van der Waals surface area (Å²) >= 11 is 1.65. The fourth-order valence-electron chi connectivity index (χ4n) is 5.03. The molecule has 146 valence electrons. The standard InChI is InChI=1S/C21H24N4O2S.Na/c1-13-9-21(10-15(11-21)20(26)27)4-7-25(13)12-14-2-3-17-16(8-14)24-18-19(28-17)23-6-5-22-18;/h2-3,5-6,8,13,15H,4,7,9-12H2,1H3,(H,22,24)(H,26,27);/q;+1/p-1. The number of hydrogen-bond acceptors (Lipinski definition) is 7. The van der Waals surface area contributed by atoms with Crippen LogP contribution in [0.2, 0.25) is 0 Å². The van der Waals surface area contributed by atoms with Crippen LogP contribution in [-0.4, -0.2) is 33.4 Å². The number of aromatic nitrogens is 2. The third kappa shape index (κ3) is 4.08. The van der Waals surface area contributed by atoms with Gasteiger partial charge in [-0.1, -0.05) is 17.8 Å². The van der Waals surface area contributed by atoms with E-state index in [0.29, 0.717) is 6.04 Å². The summed E-state index contributed by atoms with van der Waals surface area (Å²) in [6, 6.07) is 7.03. The van der Waals surface area contributed by atoms with Crippen molar-refractivity contribution in [2.45, 2.75) is 55.1 Å². The average molecular weight is 418 g/mol. The van der Waals surface area contributed by atoms with Crippen LogP contribution in [0.25, 0.3) is 0 Å². The summed E-state index contributed by atoms with van der Waals surface area (Å²) in [4.78, 5) is 23.5. The summed E-state index contributed by atoms with van der Waals surface area (Å²) < 4.78 is 0. The molecule has 0 bridgehead atoms. The zero-order valence-corrected chi connectivity index (χ0v) is 19.7. The molecule has 1 N–H and O–H groups in total. The summed E-state index contributed by atoms with van der Waals surface area (Å²) in [5.41, 5.74) is 2.60. The SMILES string of the molecule is CC1CC2(CCN1Cc1ccc3c(c1)Nc1nccnc1S3)CC(C(=O)[O-])C2.[Na+]. The number of likely N-dealkylation sites (tertiary alicyclic amines) is 1. The number of carbonyl (C=O) groups excluding carboxylic acids is 1. The van der Waals surface area contributed by atoms with Gasteiger partial charge in [0.15, 0.2) is 5.82 Å². The van der Waals surface area contributed by atoms with Crippen LogP contribution in [0.1, 0.15) is 38.2 Å². The second-order valence-corrected chi connectivity index (χ2v) is 9.50. The molecule has 29 heavy (non-hydrogen) atoms. The molecule has 1 aromatic heterocycles. The molecule has 1 saturated carbocycles. The molecule has 3 aliphatic rings. The topological polar surface area (TPSA) is 81.2 Å². The number of piperidine rings is 1. The second kappa shape index (κ2) is 8.19. The first-order valence-corrected chi connectivity index (χ1v) is 10.7. The molecule has 1 saturated heterocycles. The van der Waals surface area contributed by atoms with Crippen molar-refractivity contribution in [3.05, 3.63) is 36.2 Å². The summed E-state index contributed by atoms with van der Waals surface area (Å²) in [6.07, 6.45) is 7.19. The van der Waals surface area contributed by atoms with Crippen molar-refractivity contribution in [3.63, 3.8) is 0 Å². The number of aliphatic carboxylic acids is 1. The van der Waals surface area contributed by atoms with Crippen LogP contribution in [0.3, 0.4) is 0 Å². The number of nitrogens with one attached hydrogen (secondary N) is 1. The maximum atomic E-state index is 11.1. The number of carboxylic acid groups (broad SMARTS) is 1. The van der Waals surface area contributed by atoms with E-state index in [4.69, 9.17) is 0 Å². The van der Waals surface area contributed by atoms with Crippen LogP contribution in [0.4, 0.5) is 11.5 Å². The Morgan fingerprint density at radius 2 is 2.10 bits per heavy atom. The van der Waals surface area contributed by atoms with Gasteiger partial charge in [-0.25, -0.2) is 9.97 Å². The van der Waals surface area contributed by atoms with Crippen molar-refractivity contribution in [1.82, 2.24) is 14.9 Å². The number of hydrogen-bond donors (Lipinski definition) is 1. The summed E-state index contributed by atoms with van der Waals surface area (Å²) in [5, 5.41) is 15.4. The number of carboxylic acids is 1. The Balaban J connectivity index is 0.00000205. The Kier molecular flexibility index (Phi) is 5.97. The smallest absolute Gasteiger partial charge is 0.550 e. The van der Waals surface area contributed by atoms with Gasteiger partial charge in [-0.05, 0) is 68.2 Å². The molecule has 1 aliphatic carbocycles. The third-order valence-corrected chi connectivity index (χ3v) is 7.60. The van der Waals surface area contributed by atoms with Gasteiger partial charge in [0.2, 0.25) is 0 Å². The van der Waals surface area contributed by atoms with E-state index in [-0.39, 0.29) is 40.9 Å². The van der Waals surface area contributed by atoms with Crippen molar-refractivity contribution in [1.29, 1.82) is 0 Å². The van der Waals surface area contributed by atoms with Gasteiger partial charge in [-0.2, -0.15) is 0 Å². The van der Waals surface area contributed by atoms with Gasteiger partial charge in [-0.3, -0.25) is 4.90 Å². The predicted molar refractivity (Wildman–Crippen MR) is 105 cm³/mol. The maximum Gasteiger partial charge on any atom is 1.00 e. The minimum atomic E-state index is -0.869. The fourth-order valence-corrected chi connectivity index (χ4v) is 5.91. The molecule has 1 unspecified atom stereocenters. The zero-order valence-electron chi connectivity index (χ0n) is 16.9. The van der Waals surface area contributed by atoms with E-state index in [9.17, 15) is 9.90 Å². The number of anilines is 2. The maximum absolute atomic E-state index is 11.1. The van der Waals surface area contributed by atoms with Gasteiger partial charge in [0.25, 0.3) is 0 Å². The van der Waals surface area contributed by atoms with Crippen molar-refractivity contribution in [3.8, 4) is 0 Å². The molecule has 0 radical (unpaired) electrons. The number of benzene rings is 1. The molecule has 2 aromatic rings. The number of rotatable bonds is 3. The van der Waals surface area contributed by atoms with E-state index in [1.165, 1.54) is 10.5 Å². The fraction of sp³-hybridized carbons (Fsp3) is 0.476. The summed E-state index contributed by atoms with van der Waals surface area (Å²) in [5.74, 6) is -0.279.